The lowest BCUT2D eigenvalue weighted by atomic mass is 10.1. The first kappa shape index (κ1) is 16.8. The van der Waals surface area contributed by atoms with Gasteiger partial charge in [0, 0.05) is 25.5 Å². The number of para-hydroxylation sites is 1. The second kappa shape index (κ2) is 7.23. The van der Waals surface area contributed by atoms with E-state index in [4.69, 9.17) is 20.9 Å². The van der Waals surface area contributed by atoms with Gasteiger partial charge in [-0.3, -0.25) is 4.79 Å². The van der Waals surface area contributed by atoms with Crippen LogP contribution in [0.25, 0.3) is 0 Å². The fourth-order valence-corrected chi connectivity index (χ4v) is 2.87. The van der Waals surface area contributed by atoms with Crippen molar-refractivity contribution in [2.45, 2.75) is 24.9 Å². The number of rotatable bonds is 6. The molecular weight excluding hydrogens is 332 g/mol. The summed E-state index contributed by atoms with van der Waals surface area (Å²) in [5, 5.41) is 14.5. The van der Waals surface area contributed by atoms with Crippen LogP contribution in [-0.4, -0.2) is 46.4 Å². The first-order valence-electron chi connectivity index (χ1n) is 7.83. The summed E-state index contributed by atoms with van der Waals surface area (Å²) in [6.45, 7) is 0.957. The summed E-state index contributed by atoms with van der Waals surface area (Å²) in [4.78, 5) is 13.9. The second-order valence-corrected chi connectivity index (χ2v) is 6.39. The van der Waals surface area contributed by atoms with Crippen molar-refractivity contribution in [3.63, 3.8) is 0 Å². The van der Waals surface area contributed by atoms with Gasteiger partial charge in [-0.2, -0.15) is 0 Å². The van der Waals surface area contributed by atoms with Crippen molar-refractivity contribution in [1.82, 2.24) is 10.1 Å². The van der Waals surface area contributed by atoms with E-state index in [0.29, 0.717) is 37.3 Å². The number of amides is 1. The Morgan fingerprint density at radius 3 is 2.92 bits per heavy atom. The molecule has 1 amide bonds. The molecule has 1 N–H and O–H groups in total. The van der Waals surface area contributed by atoms with Gasteiger partial charge in [0.2, 0.25) is 5.91 Å². The molecular formula is C17H19ClN2O4. The third-order valence-electron chi connectivity index (χ3n) is 4.05. The molecule has 0 aliphatic carbocycles. The molecule has 0 spiro atoms. The van der Waals surface area contributed by atoms with Crippen molar-refractivity contribution >= 4 is 17.5 Å². The average Bonchev–Trinajstić information content (AvgIpc) is 3.18. The summed E-state index contributed by atoms with van der Waals surface area (Å²) < 4.78 is 10.6. The van der Waals surface area contributed by atoms with Gasteiger partial charge in [0.25, 0.3) is 0 Å². The number of nitrogens with zero attached hydrogens (tertiary/aromatic N) is 2. The SMILES string of the molecule is O=C(CCc1cc(Cl)no1)N1CC[C@](O)(COc2ccccc2)C1. The maximum atomic E-state index is 12.3. The first-order valence-corrected chi connectivity index (χ1v) is 8.21. The Morgan fingerprint density at radius 1 is 1.42 bits per heavy atom. The molecule has 1 aliphatic rings. The van der Waals surface area contributed by atoms with Crippen LogP contribution < -0.4 is 4.74 Å². The van der Waals surface area contributed by atoms with Gasteiger partial charge < -0.3 is 19.3 Å². The Labute approximate surface area is 144 Å². The normalized spacial score (nSPS) is 20.3. The van der Waals surface area contributed by atoms with Crippen molar-refractivity contribution < 1.29 is 19.2 Å². The highest BCUT2D eigenvalue weighted by Crippen LogP contribution is 2.24. The third kappa shape index (κ3) is 4.27. The number of halogens is 1. The summed E-state index contributed by atoms with van der Waals surface area (Å²) in [6.07, 6.45) is 1.23. The monoisotopic (exact) mass is 350 g/mol. The zero-order chi connectivity index (χ0) is 17.0. The number of likely N-dealkylation sites (tertiary alicyclic amines) is 1. The molecule has 0 unspecified atom stereocenters. The minimum Gasteiger partial charge on any atom is -0.491 e. The van der Waals surface area contributed by atoms with Crippen molar-refractivity contribution in [1.29, 1.82) is 0 Å². The van der Waals surface area contributed by atoms with Crippen LogP contribution in [-0.2, 0) is 11.2 Å². The molecule has 2 heterocycles. The van der Waals surface area contributed by atoms with Crippen LogP contribution in [0.2, 0.25) is 5.15 Å². The quantitative estimate of drug-likeness (QED) is 0.865. The molecule has 1 aromatic heterocycles. The van der Waals surface area contributed by atoms with Crippen LogP contribution in [0.15, 0.2) is 40.9 Å². The van der Waals surface area contributed by atoms with Gasteiger partial charge in [-0.05, 0) is 18.6 Å². The van der Waals surface area contributed by atoms with Gasteiger partial charge in [-0.25, -0.2) is 0 Å². The Bertz CT molecular complexity index is 691. The van der Waals surface area contributed by atoms with E-state index in [1.54, 1.807) is 11.0 Å². The highest BCUT2D eigenvalue weighted by molar-refractivity contribution is 6.29. The topological polar surface area (TPSA) is 75.8 Å². The summed E-state index contributed by atoms with van der Waals surface area (Å²) >= 11 is 5.68. The Morgan fingerprint density at radius 2 is 2.21 bits per heavy atom. The van der Waals surface area contributed by atoms with E-state index in [1.807, 2.05) is 30.3 Å². The van der Waals surface area contributed by atoms with E-state index in [1.165, 1.54) is 0 Å². The first-order chi connectivity index (χ1) is 11.5. The molecule has 1 saturated heterocycles. The van der Waals surface area contributed by atoms with E-state index in [2.05, 4.69) is 5.16 Å². The molecule has 1 aliphatic heterocycles. The van der Waals surface area contributed by atoms with Crippen LogP contribution >= 0.6 is 11.6 Å². The number of ether oxygens (including phenoxy) is 1. The van der Waals surface area contributed by atoms with Crippen LogP contribution in [0.1, 0.15) is 18.6 Å². The van der Waals surface area contributed by atoms with Gasteiger partial charge in [0.15, 0.2) is 5.15 Å². The average molecular weight is 351 g/mol. The van der Waals surface area contributed by atoms with Gasteiger partial charge in [-0.15, -0.1) is 0 Å². The number of carbonyl (C=O) groups excluding carboxylic acids is 1. The molecule has 128 valence electrons. The summed E-state index contributed by atoms with van der Waals surface area (Å²) in [5.41, 5.74) is -1.01. The molecule has 7 heteroatoms. The predicted molar refractivity (Wildman–Crippen MR) is 87.9 cm³/mol. The smallest absolute Gasteiger partial charge is 0.223 e. The number of carbonyl (C=O) groups is 1. The highest BCUT2D eigenvalue weighted by atomic mass is 35.5. The van der Waals surface area contributed by atoms with Gasteiger partial charge in [-0.1, -0.05) is 35.0 Å². The number of hydrogen-bond acceptors (Lipinski definition) is 5. The zero-order valence-electron chi connectivity index (χ0n) is 13.2. The predicted octanol–water partition coefficient (Wildman–Crippen LogP) is 2.30. The third-order valence-corrected chi connectivity index (χ3v) is 4.23. The molecule has 1 fully saturated rings. The van der Waals surface area contributed by atoms with E-state index in [-0.39, 0.29) is 24.2 Å². The lowest BCUT2D eigenvalue weighted by Crippen LogP contribution is -2.40. The summed E-state index contributed by atoms with van der Waals surface area (Å²) in [7, 11) is 0. The van der Waals surface area contributed by atoms with Gasteiger partial charge in [0.05, 0.1) is 6.54 Å². The molecule has 6 nitrogen and oxygen atoms in total. The van der Waals surface area contributed by atoms with E-state index < -0.39 is 5.60 Å². The van der Waals surface area contributed by atoms with E-state index in [9.17, 15) is 9.90 Å². The minimum absolute atomic E-state index is 0.0295. The minimum atomic E-state index is -1.01. The van der Waals surface area contributed by atoms with Crippen LogP contribution in [0.4, 0.5) is 0 Å². The molecule has 24 heavy (non-hydrogen) atoms. The van der Waals surface area contributed by atoms with Crippen LogP contribution in [0.5, 0.6) is 5.75 Å². The molecule has 1 atom stereocenters. The molecule has 0 bridgehead atoms. The Kier molecular flexibility index (Phi) is 5.06. The lowest BCUT2D eigenvalue weighted by Gasteiger charge is -2.23. The number of aryl methyl sites for hydroxylation is 1. The van der Waals surface area contributed by atoms with Crippen LogP contribution in [0, 0.1) is 0 Å². The number of β-amino-alcohol motifs (C(OH)–C–C–N with tert-alkyl or cyclic N) is 1. The lowest BCUT2D eigenvalue weighted by molar-refractivity contribution is -0.131. The van der Waals surface area contributed by atoms with Crippen molar-refractivity contribution in [2.24, 2.45) is 0 Å². The van der Waals surface area contributed by atoms with Crippen molar-refractivity contribution in [3.05, 3.63) is 47.3 Å². The highest BCUT2D eigenvalue weighted by Gasteiger charge is 2.38. The number of hydrogen-bond donors (Lipinski definition) is 1. The van der Waals surface area contributed by atoms with Crippen molar-refractivity contribution in [3.8, 4) is 5.75 Å². The molecule has 0 saturated carbocycles. The van der Waals surface area contributed by atoms with Gasteiger partial charge >= 0.3 is 0 Å². The number of aromatic nitrogens is 1. The van der Waals surface area contributed by atoms with E-state index in [0.717, 1.165) is 0 Å². The summed E-state index contributed by atoms with van der Waals surface area (Å²) in [6, 6.07) is 10.9. The second-order valence-electron chi connectivity index (χ2n) is 6.01. The summed E-state index contributed by atoms with van der Waals surface area (Å²) in [5.74, 6) is 1.26. The fraction of sp³-hybridized carbons (Fsp3) is 0.412. The molecule has 2 aromatic rings. The van der Waals surface area contributed by atoms with E-state index >= 15 is 0 Å². The van der Waals surface area contributed by atoms with Crippen LogP contribution in [0.3, 0.4) is 0 Å². The number of benzene rings is 1. The maximum Gasteiger partial charge on any atom is 0.223 e. The number of aliphatic hydroxyl groups is 1. The Balaban J connectivity index is 1.47. The molecule has 1 aromatic carbocycles. The largest absolute Gasteiger partial charge is 0.491 e. The maximum absolute atomic E-state index is 12.3. The fourth-order valence-electron chi connectivity index (χ4n) is 2.72. The standard InChI is InChI=1S/C17H19ClN2O4/c18-15-10-14(24-19-15)6-7-16(21)20-9-8-17(22,11-20)12-23-13-4-2-1-3-5-13/h1-5,10,22H,6-9,11-12H2/t17-/m1/s1. The van der Waals surface area contributed by atoms with Crippen molar-refractivity contribution in [2.75, 3.05) is 19.7 Å². The zero-order valence-corrected chi connectivity index (χ0v) is 13.9. The molecule has 3 rings (SSSR count). The Hall–Kier alpha value is -2.05. The van der Waals surface area contributed by atoms with Gasteiger partial charge in [0.1, 0.15) is 23.7 Å². The molecule has 0 radical (unpaired) electrons.